The average molecular weight is 438 g/mol. The number of carbonyl (C=O) groups excluding carboxylic acids is 2. The number of aliphatic hydroxyl groups excluding tert-OH is 1. The molecule has 8 nitrogen and oxygen atoms in total. The summed E-state index contributed by atoms with van der Waals surface area (Å²) in [6, 6.07) is 8.67. The van der Waals surface area contributed by atoms with Gasteiger partial charge in [-0.15, -0.1) is 0 Å². The maximum absolute atomic E-state index is 12.7. The lowest BCUT2D eigenvalue weighted by molar-refractivity contribution is -0.136. The highest BCUT2D eigenvalue weighted by molar-refractivity contribution is 6.07. The molecule has 0 radical (unpaired) electrons. The van der Waals surface area contributed by atoms with Gasteiger partial charge in [-0.05, 0) is 54.0 Å². The summed E-state index contributed by atoms with van der Waals surface area (Å²) in [5.41, 5.74) is 0.976. The molecule has 4 N–H and O–H groups in total. The van der Waals surface area contributed by atoms with Crippen LogP contribution in [0.15, 0.2) is 59.9 Å². The summed E-state index contributed by atoms with van der Waals surface area (Å²) in [7, 11) is 1.39. The maximum Gasteiger partial charge on any atom is 0.303 e. The number of aromatic hydroxyl groups is 2. The van der Waals surface area contributed by atoms with E-state index in [0.29, 0.717) is 17.4 Å². The maximum atomic E-state index is 12.7. The Morgan fingerprint density at radius 1 is 0.906 bits per heavy atom. The smallest absolute Gasteiger partial charge is 0.303 e. The molecule has 0 fully saturated rings. The molecule has 0 saturated carbocycles. The van der Waals surface area contributed by atoms with E-state index >= 15 is 0 Å². The van der Waals surface area contributed by atoms with Crippen molar-refractivity contribution in [2.24, 2.45) is 0 Å². The summed E-state index contributed by atoms with van der Waals surface area (Å²) in [4.78, 5) is 34.6. The highest BCUT2D eigenvalue weighted by atomic mass is 16.5. The standard InChI is InChI=1S/C24H22O8/c1-32-23-13-16(5-10-22(23)29)4-9-21(28)18(6-11-24(30)31)20(27)8-3-15-2-7-19(26)17(12-15)14-25/h2-5,7-10,12-14,26-27,29H,6,11H2,1H3,(H,30,31)/b8-3+,9-4+,20-18-. The Hall–Kier alpha value is -4.33. The second-order valence-electron chi connectivity index (χ2n) is 6.66. The normalized spacial score (nSPS) is 12.0. The van der Waals surface area contributed by atoms with Crippen LogP contribution in [0, 0.1) is 0 Å². The molecule has 8 heteroatoms. The van der Waals surface area contributed by atoms with E-state index in [0.717, 1.165) is 0 Å². The molecule has 0 saturated heterocycles. The first-order chi connectivity index (χ1) is 15.2. The van der Waals surface area contributed by atoms with Crippen LogP contribution >= 0.6 is 0 Å². The minimum atomic E-state index is -1.13. The predicted octanol–water partition coefficient (Wildman–Crippen LogP) is 3.89. The van der Waals surface area contributed by atoms with Gasteiger partial charge in [0.1, 0.15) is 11.5 Å². The topological polar surface area (TPSA) is 141 Å². The number of rotatable bonds is 10. The molecule has 0 heterocycles. The number of carboxylic acids is 1. The summed E-state index contributed by atoms with van der Waals surface area (Å²) in [5, 5.41) is 38.6. The quantitative estimate of drug-likeness (QED) is 0.189. The van der Waals surface area contributed by atoms with Crippen molar-refractivity contribution in [2.45, 2.75) is 12.8 Å². The molecular weight excluding hydrogens is 416 g/mol. The molecule has 0 aromatic heterocycles. The van der Waals surface area contributed by atoms with E-state index in [9.17, 15) is 29.7 Å². The zero-order valence-corrected chi connectivity index (χ0v) is 17.2. The second kappa shape index (κ2) is 11.2. The summed E-state index contributed by atoms with van der Waals surface area (Å²) < 4.78 is 5.01. The molecule has 0 spiro atoms. The van der Waals surface area contributed by atoms with E-state index < -0.39 is 17.5 Å². The number of aliphatic carboxylic acids is 1. The Morgan fingerprint density at radius 2 is 1.53 bits per heavy atom. The number of carbonyl (C=O) groups is 3. The van der Waals surface area contributed by atoms with E-state index in [-0.39, 0.29) is 41.2 Å². The van der Waals surface area contributed by atoms with Gasteiger partial charge >= 0.3 is 5.97 Å². The Morgan fingerprint density at radius 3 is 2.16 bits per heavy atom. The van der Waals surface area contributed by atoms with Crippen molar-refractivity contribution in [3.05, 3.63) is 76.6 Å². The zero-order valence-electron chi connectivity index (χ0n) is 17.2. The molecule has 0 amide bonds. The van der Waals surface area contributed by atoms with Crippen molar-refractivity contribution < 1.29 is 39.5 Å². The molecule has 166 valence electrons. The van der Waals surface area contributed by atoms with Gasteiger partial charge in [0, 0.05) is 12.0 Å². The van der Waals surface area contributed by atoms with Crippen LogP contribution in [0.2, 0.25) is 0 Å². The highest BCUT2D eigenvalue weighted by Gasteiger charge is 2.14. The van der Waals surface area contributed by atoms with Crippen molar-refractivity contribution in [3.8, 4) is 17.2 Å². The highest BCUT2D eigenvalue weighted by Crippen LogP contribution is 2.27. The van der Waals surface area contributed by atoms with E-state index in [1.165, 1.54) is 61.7 Å². The van der Waals surface area contributed by atoms with Crippen molar-refractivity contribution in [1.82, 2.24) is 0 Å². The first-order valence-electron chi connectivity index (χ1n) is 9.44. The molecule has 0 bridgehead atoms. The number of hydrogen-bond acceptors (Lipinski definition) is 7. The lowest BCUT2D eigenvalue weighted by atomic mass is 10.0. The van der Waals surface area contributed by atoms with E-state index in [1.54, 1.807) is 6.07 Å². The Labute approximate surface area is 184 Å². The van der Waals surface area contributed by atoms with Gasteiger partial charge in [0.05, 0.1) is 12.7 Å². The minimum absolute atomic E-state index is 0.0602. The van der Waals surface area contributed by atoms with Crippen LogP contribution in [0.1, 0.15) is 34.3 Å². The van der Waals surface area contributed by atoms with Crippen molar-refractivity contribution >= 4 is 30.2 Å². The number of methoxy groups -OCH3 is 1. The molecule has 0 aliphatic carbocycles. The van der Waals surface area contributed by atoms with Gasteiger partial charge in [-0.2, -0.15) is 0 Å². The zero-order chi connectivity index (χ0) is 23.7. The molecular formula is C24H22O8. The molecule has 2 rings (SSSR count). The first-order valence-corrected chi connectivity index (χ1v) is 9.44. The SMILES string of the molecule is COc1cc(/C=C/C(=O)/C(CCC(=O)O)=C(O)/C=C/c2ccc(O)c(C=O)c2)ccc1O. The van der Waals surface area contributed by atoms with Crippen molar-refractivity contribution in [1.29, 1.82) is 0 Å². The predicted molar refractivity (Wildman–Crippen MR) is 118 cm³/mol. The number of aliphatic hydroxyl groups is 1. The van der Waals surface area contributed by atoms with Gasteiger partial charge in [0.25, 0.3) is 0 Å². The third-order valence-electron chi connectivity index (χ3n) is 4.44. The van der Waals surface area contributed by atoms with Crippen LogP contribution in [0.5, 0.6) is 17.2 Å². The Balaban J connectivity index is 2.32. The molecule has 32 heavy (non-hydrogen) atoms. The number of phenolic OH excluding ortho intramolecular Hbond substituents is 2. The minimum Gasteiger partial charge on any atom is -0.508 e. The fourth-order valence-corrected chi connectivity index (χ4v) is 2.73. The van der Waals surface area contributed by atoms with Gasteiger partial charge in [-0.3, -0.25) is 14.4 Å². The molecule has 2 aromatic carbocycles. The number of aldehydes is 1. The summed E-state index contributed by atoms with van der Waals surface area (Å²) in [6.07, 6.45) is 5.17. The summed E-state index contributed by atoms with van der Waals surface area (Å²) in [5.74, 6) is -2.19. The number of carboxylic acid groups (broad SMARTS) is 1. The van der Waals surface area contributed by atoms with Crippen LogP contribution in [-0.4, -0.2) is 45.6 Å². The summed E-state index contributed by atoms with van der Waals surface area (Å²) in [6.45, 7) is 0. The number of allylic oxidation sites excluding steroid dienone is 3. The third kappa shape index (κ3) is 6.60. The molecule has 0 unspecified atom stereocenters. The van der Waals surface area contributed by atoms with Crippen molar-refractivity contribution in [2.75, 3.05) is 7.11 Å². The first kappa shape index (κ1) is 23.9. The average Bonchev–Trinajstić information content (AvgIpc) is 2.77. The summed E-state index contributed by atoms with van der Waals surface area (Å²) >= 11 is 0. The molecule has 0 aliphatic rings. The molecule has 0 atom stereocenters. The van der Waals surface area contributed by atoms with E-state index in [4.69, 9.17) is 9.84 Å². The van der Waals surface area contributed by atoms with Crippen LogP contribution < -0.4 is 4.74 Å². The third-order valence-corrected chi connectivity index (χ3v) is 4.44. The van der Waals surface area contributed by atoms with Gasteiger partial charge < -0.3 is 25.2 Å². The second-order valence-corrected chi connectivity index (χ2v) is 6.66. The van der Waals surface area contributed by atoms with Gasteiger partial charge in [0.2, 0.25) is 0 Å². The fourth-order valence-electron chi connectivity index (χ4n) is 2.73. The van der Waals surface area contributed by atoms with Crippen LogP contribution in [0.3, 0.4) is 0 Å². The van der Waals surface area contributed by atoms with E-state index in [1.807, 2.05) is 0 Å². The van der Waals surface area contributed by atoms with E-state index in [2.05, 4.69) is 0 Å². The number of ketones is 1. The van der Waals surface area contributed by atoms with Gasteiger partial charge in [0.15, 0.2) is 23.6 Å². The van der Waals surface area contributed by atoms with Crippen LogP contribution in [-0.2, 0) is 9.59 Å². The monoisotopic (exact) mass is 438 g/mol. The van der Waals surface area contributed by atoms with Crippen LogP contribution in [0.4, 0.5) is 0 Å². The number of hydrogen-bond donors (Lipinski definition) is 4. The van der Waals surface area contributed by atoms with Crippen molar-refractivity contribution in [3.63, 3.8) is 0 Å². The lowest BCUT2D eigenvalue weighted by Gasteiger charge is -2.06. The van der Waals surface area contributed by atoms with Gasteiger partial charge in [-0.25, -0.2) is 0 Å². The molecule has 0 aliphatic heterocycles. The molecule has 2 aromatic rings. The Kier molecular flexibility index (Phi) is 8.36. The largest absolute Gasteiger partial charge is 0.508 e. The lowest BCUT2D eigenvalue weighted by Crippen LogP contribution is -2.05. The number of ether oxygens (including phenoxy) is 1. The number of benzene rings is 2. The fraction of sp³-hybridized carbons (Fsp3) is 0.125. The Bertz CT molecular complexity index is 1110. The van der Waals surface area contributed by atoms with Crippen LogP contribution in [0.25, 0.3) is 12.2 Å². The van der Waals surface area contributed by atoms with Gasteiger partial charge in [-0.1, -0.05) is 24.3 Å². The number of phenols is 2.